The van der Waals surface area contributed by atoms with Gasteiger partial charge in [0.2, 0.25) is 0 Å². The minimum Gasteiger partial charge on any atom is -0.269 e. The molecule has 5 nitrogen and oxygen atoms in total. The molecule has 0 spiro atoms. The van der Waals surface area contributed by atoms with Gasteiger partial charge in [-0.1, -0.05) is 72.4 Å². The molecule has 0 aliphatic rings. The third-order valence-corrected chi connectivity index (χ3v) is 8.04. The highest BCUT2D eigenvalue weighted by Gasteiger charge is 2.15. The molecule has 4 aromatic heterocycles. The summed E-state index contributed by atoms with van der Waals surface area (Å²) in [6, 6.07) is 21.8. The van der Waals surface area contributed by atoms with Gasteiger partial charge in [-0.2, -0.15) is 0 Å². The monoisotopic (exact) mass is 484 g/mol. The second-order valence-electron chi connectivity index (χ2n) is 7.35. The van der Waals surface area contributed by atoms with E-state index >= 15 is 0 Å². The van der Waals surface area contributed by atoms with Gasteiger partial charge < -0.3 is 0 Å². The Morgan fingerprint density at radius 1 is 0.879 bits per heavy atom. The second kappa shape index (κ2) is 8.55. The van der Waals surface area contributed by atoms with Crippen LogP contribution >= 0.6 is 34.4 Å². The van der Waals surface area contributed by atoms with Crippen molar-refractivity contribution in [1.29, 1.82) is 0 Å². The van der Waals surface area contributed by atoms with Crippen molar-refractivity contribution in [1.82, 2.24) is 19.4 Å². The molecule has 6 rings (SSSR count). The number of thiophene rings is 1. The molecule has 0 radical (unpaired) electrons. The third-order valence-electron chi connectivity index (χ3n) is 5.30. The van der Waals surface area contributed by atoms with Crippen LogP contribution in [-0.4, -0.2) is 19.4 Å². The fourth-order valence-corrected chi connectivity index (χ4v) is 6.59. The first-order valence-corrected chi connectivity index (χ1v) is 13.0. The molecule has 160 valence electrons. The maximum atomic E-state index is 13.0. The van der Waals surface area contributed by atoms with Crippen LogP contribution in [0.25, 0.3) is 37.6 Å². The summed E-state index contributed by atoms with van der Waals surface area (Å²) in [5.41, 5.74) is 4.83. The minimum absolute atomic E-state index is 0.0657. The predicted octanol–water partition coefficient (Wildman–Crippen LogP) is 6.39. The van der Waals surface area contributed by atoms with E-state index in [-0.39, 0.29) is 5.56 Å². The Balaban J connectivity index is 1.34. The van der Waals surface area contributed by atoms with E-state index in [1.54, 1.807) is 39.9 Å². The summed E-state index contributed by atoms with van der Waals surface area (Å²) >= 11 is 4.69. The number of benzene rings is 2. The highest BCUT2D eigenvalue weighted by molar-refractivity contribution is 7.98. The van der Waals surface area contributed by atoms with E-state index in [1.165, 1.54) is 11.3 Å². The molecule has 2 aromatic carbocycles. The van der Waals surface area contributed by atoms with Crippen molar-refractivity contribution in [2.75, 3.05) is 0 Å². The van der Waals surface area contributed by atoms with Crippen LogP contribution in [0.4, 0.5) is 0 Å². The van der Waals surface area contributed by atoms with Crippen LogP contribution in [-0.2, 0) is 5.75 Å². The average Bonchev–Trinajstić information content (AvgIpc) is 3.49. The molecule has 0 aliphatic carbocycles. The van der Waals surface area contributed by atoms with E-state index in [2.05, 4.69) is 27.5 Å². The number of fused-ring (bicyclic) bond motifs is 2. The van der Waals surface area contributed by atoms with Crippen molar-refractivity contribution in [2.24, 2.45) is 0 Å². The van der Waals surface area contributed by atoms with Gasteiger partial charge in [0, 0.05) is 28.1 Å². The number of hydrogen-bond donors (Lipinski definition) is 0. The molecule has 0 saturated carbocycles. The second-order valence-corrected chi connectivity index (χ2v) is 10.0. The molecule has 33 heavy (non-hydrogen) atoms. The van der Waals surface area contributed by atoms with E-state index in [0.717, 1.165) is 43.3 Å². The largest absolute Gasteiger partial charge is 0.269 e. The first-order valence-electron chi connectivity index (χ1n) is 10.2. The maximum Gasteiger partial charge on any atom is 0.259 e. The lowest BCUT2D eigenvalue weighted by atomic mass is 10.1. The number of aromatic nitrogens is 4. The fraction of sp³-hybridized carbons (Fsp3) is 0.0400. The first kappa shape index (κ1) is 20.3. The summed E-state index contributed by atoms with van der Waals surface area (Å²) in [5, 5.41) is 6.07. The summed E-state index contributed by atoms with van der Waals surface area (Å²) in [6.45, 7) is 0. The van der Waals surface area contributed by atoms with Gasteiger partial charge in [-0.15, -0.1) is 22.7 Å². The van der Waals surface area contributed by atoms with Gasteiger partial charge in [0.05, 0.1) is 16.8 Å². The number of thioether (sulfide) groups is 1. The van der Waals surface area contributed by atoms with E-state index < -0.39 is 0 Å². The number of nitrogens with zero attached hydrogens (tertiary/aromatic N) is 4. The summed E-state index contributed by atoms with van der Waals surface area (Å²) in [6.07, 6.45) is 1.60. The molecule has 4 heterocycles. The molecule has 0 bridgehead atoms. The highest BCUT2D eigenvalue weighted by atomic mass is 32.2. The lowest BCUT2D eigenvalue weighted by Gasteiger charge is -2.06. The Morgan fingerprint density at radius 3 is 2.42 bits per heavy atom. The lowest BCUT2D eigenvalue weighted by Crippen LogP contribution is -2.14. The molecular formula is C25H16N4OS3. The predicted molar refractivity (Wildman–Crippen MR) is 137 cm³/mol. The Bertz CT molecular complexity index is 1640. The molecule has 0 amide bonds. The number of thiazole rings is 1. The topological polar surface area (TPSA) is 60.2 Å². The van der Waals surface area contributed by atoms with E-state index in [1.807, 2.05) is 53.9 Å². The summed E-state index contributed by atoms with van der Waals surface area (Å²) in [5.74, 6) is 0.556. The standard InChI is InChI=1S/C25H16N4OS3/c30-21-11-18(28-25-29(21)20(14-33-25)17-9-5-2-6-10-17)12-31-23-22-19(16-7-3-1-4-8-16)13-32-24(22)27-15-26-23/h1-11,13-15H,12H2. The fourth-order valence-electron chi connectivity index (χ4n) is 3.78. The Hall–Kier alpha value is -3.33. The van der Waals surface area contributed by atoms with Crippen LogP contribution in [0.2, 0.25) is 0 Å². The smallest absolute Gasteiger partial charge is 0.259 e. The van der Waals surface area contributed by atoms with Crippen LogP contribution in [0.5, 0.6) is 0 Å². The Morgan fingerprint density at radius 2 is 1.64 bits per heavy atom. The summed E-state index contributed by atoms with van der Waals surface area (Å²) in [7, 11) is 0. The van der Waals surface area contributed by atoms with Gasteiger partial charge >= 0.3 is 0 Å². The van der Waals surface area contributed by atoms with Crippen molar-refractivity contribution in [3.8, 4) is 22.4 Å². The van der Waals surface area contributed by atoms with Gasteiger partial charge in [-0.05, 0) is 11.1 Å². The Labute approximate surface area is 201 Å². The lowest BCUT2D eigenvalue weighted by molar-refractivity contribution is 1.04. The van der Waals surface area contributed by atoms with Crippen molar-refractivity contribution in [3.63, 3.8) is 0 Å². The molecular weight excluding hydrogens is 469 g/mol. The molecule has 0 atom stereocenters. The number of rotatable bonds is 5. The highest BCUT2D eigenvalue weighted by Crippen LogP contribution is 2.38. The van der Waals surface area contributed by atoms with Crippen LogP contribution in [0.15, 0.2) is 93.6 Å². The van der Waals surface area contributed by atoms with E-state index in [4.69, 9.17) is 4.98 Å². The summed E-state index contributed by atoms with van der Waals surface area (Å²) in [4.78, 5) is 28.4. The molecule has 6 aromatic rings. The van der Waals surface area contributed by atoms with Crippen LogP contribution in [0, 0.1) is 0 Å². The van der Waals surface area contributed by atoms with Gasteiger partial charge in [0.25, 0.3) is 5.56 Å². The van der Waals surface area contributed by atoms with Crippen molar-refractivity contribution in [3.05, 3.63) is 99.9 Å². The van der Waals surface area contributed by atoms with Crippen molar-refractivity contribution >= 4 is 49.6 Å². The third kappa shape index (κ3) is 3.76. The van der Waals surface area contributed by atoms with Crippen LogP contribution in [0.3, 0.4) is 0 Å². The molecule has 0 unspecified atom stereocenters. The van der Waals surface area contributed by atoms with Crippen molar-refractivity contribution < 1.29 is 0 Å². The molecule has 0 aliphatic heterocycles. The van der Waals surface area contributed by atoms with Gasteiger partial charge in [-0.3, -0.25) is 9.20 Å². The van der Waals surface area contributed by atoms with Gasteiger partial charge in [0.1, 0.15) is 16.2 Å². The van der Waals surface area contributed by atoms with Gasteiger partial charge in [0.15, 0.2) is 4.96 Å². The normalized spacial score (nSPS) is 11.4. The minimum atomic E-state index is -0.0657. The molecule has 0 fully saturated rings. The van der Waals surface area contributed by atoms with Crippen LogP contribution in [0.1, 0.15) is 5.69 Å². The average molecular weight is 485 g/mol. The first-order chi connectivity index (χ1) is 16.3. The zero-order chi connectivity index (χ0) is 22.2. The molecule has 8 heteroatoms. The number of hydrogen-bond acceptors (Lipinski definition) is 7. The van der Waals surface area contributed by atoms with E-state index in [9.17, 15) is 4.79 Å². The van der Waals surface area contributed by atoms with Crippen LogP contribution < -0.4 is 5.56 Å². The zero-order valence-electron chi connectivity index (χ0n) is 17.2. The van der Waals surface area contributed by atoms with Crippen molar-refractivity contribution in [2.45, 2.75) is 10.8 Å². The Kier molecular flexibility index (Phi) is 5.26. The summed E-state index contributed by atoms with van der Waals surface area (Å²) < 4.78 is 1.68. The zero-order valence-corrected chi connectivity index (χ0v) is 19.7. The van der Waals surface area contributed by atoms with Gasteiger partial charge in [-0.25, -0.2) is 15.0 Å². The SMILES string of the molecule is O=c1cc(CSc2ncnc3scc(-c4ccccc4)c23)nc2scc(-c3ccccc3)n12. The van der Waals surface area contributed by atoms with E-state index in [0.29, 0.717) is 10.7 Å². The molecule has 0 N–H and O–H groups in total. The quantitative estimate of drug-likeness (QED) is 0.210. The maximum absolute atomic E-state index is 13.0. The molecule has 0 saturated heterocycles.